The van der Waals surface area contributed by atoms with E-state index >= 15 is 0 Å². The van der Waals surface area contributed by atoms with E-state index in [0.717, 1.165) is 18.5 Å². The zero-order valence-electron chi connectivity index (χ0n) is 38.1. The fraction of sp³-hybridized carbons (Fsp3) is 0.500. The number of ether oxygens (including phenoxy) is 1. The van der Waals surface area contributed by atoms with Crippen molar-refractivity contribution in [2.45, 2.75) is 130 Å². The standard InChI is InChI=1S/C50H67N5O8/c1-10-20-39(52-46(59)33(4)5)44(57)28-34(6)47(60)54-41(30-37-32-55(49(62)63-50(7,8)9)42-25-17-16-23-38(37)42)45(58)31-36(29-35-21-14-13-15-22-35)48(61)53-40(43(56)12-3)24-18-19-27-51-26-11-2/h1,11,13-17,21-23,25,32-34,36,39-41,51H,2,12,18-20,24,26-31H2,3-9H3,(H,52,59)(H,53,61)(H,54,60)/t34-,36+,39+,40+,41+/m1/s1. The Morgan fingerprint density at radius 2 is 1.43 bits per heavy atom. The lowest BCUT2D eigenvalue weighted by Gasteiger charge is -2.25. The lowest BCUT2D eigenvalue weighted by molar-refractivity contribution is -0.135. The average Bonchev–Trinajstić information content (AvgIpc) is 3.61. The van der Waals surface area contributed by atoms with Crippen molar-refractivity contribution in [2.75, 3.05) is 13.1 Å². The molecule has 4 N–H and O–H groups in total. The number of unbranched alkanes of at least 4 members (excludes halogenated alkanes) is 1. The number of ketones is 3. The Balaban J connectivity index is 2.01. The topological polar surface area (TPSA) is 182 Å². The third kappa shape index (κ3) is 16.7. The van der Waals surface area contributed by atoms with E-state index in [-0.39, 0.29) is 50.2 Å². The van der Waals surface area contributed by atoms with Gasteiger partial charge in [-0.05, 0) is 70.2 Å². The summed E-state index contributed by atoms with van der Waals surface area (Å²) in [6, 6.07) is 13.4. The number of aromatic nitrogens is 1. The van der Waals surface area contributed by atoms with E-state index in [0.29, 0.717) is 35.9 Å². The Kier molecular flexibility index (Phi) is 20.7. The van der Waals surface area contributed by atoms with Crippen LogP contribution in [0.5, 0.6) is 0 Å². The molecule has 13 heteroatoms. The summed E-state index contributed by atoms with van der Waals surface area (Å²) in [4.78, 5) is 95.5. The van der Waals surface area contributed by atoms with Gasteiger partial charge in [0.2, 0.25) is 17.7 Å². The first-order valence-corrected chi connectivity index (χ1v) is 22.0. The highest BCUT2D eigenvalue weighted by atomic mass is 16.6. The van der Waals surface area contributed by atoms with E-state index in [2.05, 4.69) is 33.8 Å². The number of benzene rings is 2. The summed E-state index contributed by atoms with van der Waals surface area (Å²) in [7, 11) is 0. The number of hydrogen-bond donors (Lipinski definition) is 4. The highest BCUT2D eigenvalue weighted by molar-refractivity contribution is 5.98. The lowest BCUT2D eigenvalue weighted by atomic mass is 9.88. The SMILES string of the molecule is C#CC[C@H](NC(=O)C(C)C)C(=O)C[C@@H](C)C(=O)N[C@@H](Cc1cn(C(=O)OC(C)(C)C)c2ccccc12)C(=O)C[C@H](Cc1ccccc1)C(=O)N[C@@H](CCCCNCC=C)C(=O)CC. The van der Waals surface area contributed by atoms with Crippen molar-refractivity contribution in [1.82, 2.24) is 25.8 Å². The van der Waals surface area contributed by atoms with Gasteiger partial charge in [-0.1, -0.05) is 82.3 Å². The number of nitrogens with zero attached hydrogens (tertiary/aromatic N) is 1. The number of amides is 3. The predicted molar refractivity (Wildman–Crippen MR) is 246 cm³/mol. The molecular formula is C50H67N5O8. The van der Waals surface area contributed by atoms with Crippen molar-refractivity contribution in [2.24, 2.45) is 17.8 Å². The van der Waals surface area contributed by atoms with E-state index < -0.39 is 71.0 Å². The van der Waals surface area contributed by atoms with Gasteiger partial charge in [0.05, 0.1) is 23.6 Å². The molecule has 3 aromatic rings. The molecule has 0 unspecified atom stereocenters. The smallest absolute Gasteiger partial charge is 0.419 e. The number of Topliss-reactive ketones (excluding diaryl/α,β-unsaturated/α-hetero) is 3. The van der Waals surface area contributed by atoms with Crippen LogP contribution in [0.25, 0.3) is 10.9 Å². The number of terminal acetylenes is 1. The molecule has 0 aliphatic heterocycles. The van der Waals surface area contributed by atoms with Crippen LogP contribution in [0.1, 0.15) is 105 Å². The molecule has 0 saturated heterocycles. The summed E-state index contributed by atoms with van der Waals surface area (Å²) >= 11 is 0. The van der Waals surface area contributed by atoms with E-state index in [9.17, 15) is 33.6 Å². The monoisotopic (exact) mass is 865 g/mol. The summed E-state index contributed by atoms with van der Waals surface area (Å²) < 4.78 is 7.05. The molecule has 0 fully saturated rings. The van der Waals surface area contributed by atoms with Crippen LogP contribution < -0.4 is 21.3 Å². The van der Waals surface area contributed by atoms with Crippen LogP contribution in [0, 0.1) is 30.1 Å². The first kappa shape index (κ1) is 51.5. The molecular weight excluding hydrogens is 799 g/mol. The minimum absolute atomic E-state index is 0.0586. The van der Waals surface area contributed by atoms with Gasteiger partial charge in [-0.15, -0.1) is 18.9 Å². The van der Waals surface area contributed by atoms with Crippen molar-refractivity contribution >= 4 is 52.1 Å². The third-order valence-corrected chi connectivity index (χ3v) is 10.6. The second kappa shape index (κ2) is 25.3. The van der Waals surface area contributed by atoms with Crippen LogP contribution in [0.3, 0.4) is 0 Å². The van der Waals surface area contributed by atoms with Crippen molar-refractivity contribution in [3.63, 3.8) is 0 Å². The summed E-state index contributed by atoms with van der Waals surface area (Å²) in [5, 5.41) is 12.4. The molecule has 0 saturated carbocycles. The van der Waals surface area contributed by atoms with E-state index in [1.807, 2.05) is 30.3 Å². The van der Waals surface area contributed by atoms with Crippen LogP contribution in [0.2, 0.25) is 0 Å². The number of fused-ring (bicyclic) bond motifs is 1. The highest BCUT2D eigenvalue weighted by Gasteiger charge is 2.33. The summed E-state index contributed by atoms with van der Waals surface area (Å²) in [5.74, 6) is -2.27. The fourth-order valence-corrected chi connectivity index (χ4v) is 7.09. The van der Waals surface area contributed by atoms with E-state index in [4.69, 9.17) is 11.2 Å². The molecule has 0 bridgehead atoms. The summed E-state index contributed by atoms with van der Waals surface area (Å²) in [5.41, 5.74) is 1.10. The van der Waals surface area contributed by atoms with Gasteiger partial charge in [0.1, 0.15) is 5.60 Å². The average molecular weight is 866 g/mol. The Labute approximate surface area is 372 Å². The van der Waals surface area contributed by atoms with Gasteiger partial charge in [0.15, 0.2) is 17.3 Å². The summed E-state index contributed by atoms with van der Waals surface area (Å²) in [6.07, 6.45) is 9.86. The van der Waals surface area contributed by atoms with Gasteiger partial charge in [-0.3, -0.25) is 33.3 Å². The number of carbonyl (C=O) groups excluding carboxylic acids is 7. The molecule has 0 spiro atoms. The number of para-hydroxylation sites is 1. The number of nitrogens with one attached hydrogen (secondary N) is 4. The predicted octanol–water partition coefficient (Wildman–Crippen LogP) is 6.44. The molecule has 1 heterocycles. The number of hydrogen-bond acceptors (Lipinski definition) is 9. The molecule has 3 amide bonds. The van der Waals surface area contributed by atoms with Gasteiger partial charge >= 0.3 is 6.09 Å². The molecule has 340 valence electrons. The first-order chi connectivity index (χ1) is 29.9. The van der Waals surface area contributed by atoms with Crippen molar-refractivity contribution in [3.05, 3.63) is 84.6 Å². The fourth-order valence-electron chi connectivity index (χ4n) is 7.09. The zero-order chi connectivity index (χ0) is 46.7. The quantitative estimate of drug-likeness (QED) is 0.0401. The van der Waals surface area contributed by atoms with Gasteiger partial charge in [-0.2, -0.15) is 0 Å². The minimum Gasteiger partial charge on any atom is -0.443 e. The number of carbonyl (C=O) groups is 7. The second-order valence-electron chi connectivity index (χ2n) is 17.4. The third-order valence-electron chi connectivity index (χ3n) is 10.6. The van der Waals surface area contributed by atoms with Crippen molar-refractivity contribution in [3.8, 4) is 12.3 Å². The number of rotatable bonds is 26. The maximum atomic E-state index is 14.7. The molecule has 13 nitrogen and oxygen atoms in total. The minimum atomic E-state index is -1.21. The Hall–Kier alpha value is -5.87. The Bertz CT molecular complexity index is 2090. The first-order valence-electron chi connectivity index (χ1n) is 22.0. The van der Waals surface area contributed by atoms with Gasteiger partial charge in [0, 0.05) is 68.0 Å². The maximum Gasteiger partial charge on any atom is 0.419 e. The maximum absolute atomic E-state index is 14.7. The molecule has 2 aromatic carbocycles. The molecule has 5 atom stereocenters. The van der Waals surface area contributed by atoms with Crippen LogP contribution in [0.15, 0.2) is 73.4 Å². The molecule has 3 rings (SSSR count). The van der Waals surface area contributed by atoms with Gasteiger partial charge in [-0.25, -0.2) is 4.79 Å². The normalized spacial score (nSPS) is 13.8. The Morgan fingerprint density at radius 1 is 0.794 bits per heavy atom. The Morgan fingerprint density at radius 3 is 2.06 bits per heavy atom. The zero-order valence-corrected chi connectivity index (χ0v) is 38.1. The van der Waals surface area contributed by atoms with Crippen LogP contribution in [0.4, 0.5) is 4.79 Å². The second-order valence-corrected chi connectivity index (χ2v) is 17.4. The van der Waals surface area contributed by atoms with Gasteiger partial charge in [0.25, 0.3) is 0 Å². The molecule has 63 heavy (non-hydrogen) atoms. The van der Waals surface area contributed by atoms with Crippen molar-refractivity contribution in [1.29, 1.82) is 0 Å². The van der Waals surface area contributed by atoms with Crippen LogP contribution in [-0.4, -0.2) is 82.5 Å². The lowest BCUT2D eigenvalue weighted by Crippen LogP contribution is -2.48. The summed E-state index contributed by atoms with van der Waals surface area (Å²) in [6.45, 7) is 17.0. The van der Waals surface area contributed by atoms with E-state index in [1.54, 1.807) is 85.0 Å². The van der Waals surface area contributed by atoms with Crippen LogP contribution in [-0.2, 0) is 46.3 Å². The van der Waals surface area contributed by atoms with E-state index in [1.165, 1.54) is 4.57 Å². The molecule has 0 radical (unpaired) electrons. The highest BCUT2D eigenvalue weighted by Crippen LogP contribution is 2.26. The molecule has 1 aromatic heterocycles. The van der Waals surface area contributed by atoms with Crippen molar-refractivity contribution < 1.29 is 38.3 Å². The molecule has 0 aliphatic carbocycles. The van der Waals surface area contributed by atoms with Crippen LogP contribution >= 0.6 is 0 Å². The molecule has 0 aliphatic rings. The largest absolute Gasteiger partial charge is 0.443 e. The van der Waals surface area contributed by atoms with Gasteiger partial charge < -0.3 is 26.0 Å².